The maximum Gasteiger partial charge on any atom is 0.0469 e. The van der Waals surface area contributed by atoms with E-state index in [9.17, 15) is 0 Å². The highest BCUT2D eigenvalue weighted by Crippen LogP contribution is 2.44. The van der Waals surface area contributed by atoms with Gasteiger partial charge in [0.25, 0.3) is 0 Å². The lowest BCUT2D eigenvalue weighted by Gasteiger charge is -2.28. The molecule has 1 saturated carbocycles. The highest BCUT2D eigenvalue weighted by molar-refractivity contribution is 6.20. The van der Waals surface area contributed by atoms with Crippen molar-refractivity contribution in [1.82, 2.24) is 4.98 Å². The van der Waals surface area contributed by atoms with Crippen LogP contribution in [0.1, 0.15) is 49.3 Å². The summed E-state index contributed by atoms with van der Waals surface area (Å²) in [5.74, 6) is 1.48. The van der Waals surface area contributed by atoms with Crippen LogP contribution in [0.4, 0.5) is 0 Å². The number of rotatable bonds is 1. The molecule has 86 valence electrons. The van der Waals surface area contributed by atoms with Gasteiger partial charge in [-0.2, -0.15) is 0 Å². The molecule has 1 fully saturated rings. The van der Waals surface area contributed by atoms with Crippen molar-refractivity contribution in [1.29, 1.82) is 0 Å². The van der Waals surface area contributed by atoms with Crippen LogP contribution in [0.2, 0.25) is 0 Å². The lowest BCUT2D eigenvalue weighted by molar-refractivity contribution is 0.379. The molecule has 0 bridgehead atoms. The average molecular weight is 236 g/mol. The summed E-state index contributed by atoms with van der Waals surface area (Å²) < 4.78 is 0. The monoisotopic (exact) mass is 235 g/mol. The maximum absolute atomic E-state index is 6.23. The SMILES string of the molecule is ClC1CCC(C2CCCc3cccnc32)C1. The molecular weight excluding hydrogens is 218 g/mol. The second kappa shape index (κ2) is 4.37. The van der Waals surface area contributed by atoms with Crippen LogP contribution in [-0.2, 0) is 6.42 Å². The molecule has 1 aromatic heterocycles. The Kier molecular flexibility index (Phi) is 2.89. The van der Waals surface area contributed by atoms with E-state index in [-0.39, 0.29) is 0 Å². The third kappa shape index (κ3) is 1.86. The first-order valence-corrected chi connectivity index (χ1v) is 6.86. The van der Waals surface area contributed by atoms with E-state index >= 15 is 0 Å². The lowest BCUT2D eigenvalue weighted by atomic mass is 9.78. The zero-order valence-electron chi connectivity index (χ0n) is 9.53. The third-order valence-corrected chi connectivity index (χ3v) is 4.61. The van der Waals surface area contributed by atoms with E-state index in [0.29, 0.717) is 11.3 Å². The van der Waals surface area contributed by atoms with E-state index in [0.717, 1.165) is 5.92 Å². The molecule has 1 heterocycles. The van der Waals surface area contributed by atoms with E-state index < -0.39 is 0 Å². The fraction of sp³-hybridized carbons (Fsp3) is 0.643. The fourth-order valence-electron chi connectivity index (χ4n) is 3.43. The van der Waals surface area contributed by atoms with Crippen molar-refractivity contribution in [3.05, 3.63) is 29.6 Å². The Hall–Kier alpha value is -0.560. The molecule has 3 atom stereocenters. The van der Waals surface area contributed by atoms with Gasteiger partial charge >= 0.3 is 0 Å². The van der Waals surface area contributed by atoms with Gasteiger partial charge in [0.05, 0.1) is 0 Å². The molecule has 1 aromatic rings. The maximum atomic E-state index is 6.23. The molecule has 0 aliphatic heterocycles. The zero-order chi connectivity index (χ0) is 11.0. The van der Waals surface area contributed by atoms with Crippen LogP contribution >= 0.6 is 11.6 Å². The van der Waals surface area contributed by atoms with E-state index in [2.05, 4.69) is 17.1 Å². The molecule has 0 spiro atoms. The molecule has 2 aliphatic rings. The number of nitrogens with zero attached hydrogens (tertiary/aromatic N) is 1. The Morgan fingerprint density at radius 1 is 1.25 bits per heavy atom. The second-order valence-corrected chi connectivity index (χ2v) is 5.83. The second-order valence-electron chi connectivity index (χ2n) is 5.22. The van der Waals surface area contributed by atoms with E-state index in [4.69, 9.17) is 11.6 Å². The minimum absolute atomic E-state index is 0.416. The van der Waals surface area contributed by atoms with E-state index in [1.54, 1.807) is 0 Å². The minimum Gasteiger partial charge on any atom is -0.261 e. The Labute approximate surface area is 102 Å². The van der Waals surface area contributed by atoms with Crippen molar-refractivity contribution in [2.24, 2.45) is 5.92 Å². The van der Waals surface area contributed by atoms with Crippen LogP contribution in [0, 0.1) is 5.92 Å². The van der Waals surface area contributed by atoms with Crippen LogP contribution in [0.3, 0.4) is 0 Å². The Bertz CT molecular complexity index is 377. The Morgan fingerprint density at radius 3 is 3.00 bits per heavy atom. The smallest absolute Gasteiger partial charge is 0.0469 e. The molecule has 2 aliphatic carbocycles. The standard InChI is InChI=1S/C14H18ClN/c15-12-7-6-11(9-12)13-5-1-3-10-4-2-8-16-14(10)13/h2,4,8,11-13H,1,3,5-7,9H2. The zero-order valence-corrected chi connectivity index (χ0v) is 10.3. The van der Waals surface area contributed by atoms with Crippen molar-refractivity contribution >= 4 is 11.6 Å². The van der Waals surface area contributed by atoms with Gasteiger partial charge in [0.1, 0.15) is 0 Å². The highest BCUT2D eigenvalue weighted by Gasteiger charge is 2.33. The van der Waals surface area contributed by atoms with Crippen molar-refractivity contribution < 1.29 is 0 Å². The number of aryl methyl sites for hydroxylation is 1. The van der Waals surface area contributed by atoms with Gasteiger partial charge in [-0.3, -0.25) is 4.98 Å². The number of aromatic nitrogens is 1. The molecule has 0 amide bonds. The molecule has 3 rings (SSSR count). The topological polar surface area (TPSA) is 12.9 Å². The lowest BCUT2D eigenvalue weighted by Crippen LogP contribution is -2.18. The summed E-state index contributed by atoms with van der Waals surface area (Å²) >= 11 is 6.23. The van der Waals surface area contributed by atoms with Gasteiger partial charge in [0.15, 0.2) is 0 Å². The van der Waals surface area contributed by atoms with Gasteiger partial charge in [0, 0.05) is 23.2 Å². The summed E-state index contributed by atoms with van der Waals surface area (Å²) in [4.78, 5) is 4.63. The Morgan fingerprint density at radius 2 is 2.19 bits per heavy atom. The van der Waals surface area contributed by atoms with Crippen molar-refractivity contribution in [2.75, 3.05) is 0 Å². The largest absolute Gasteiger partial charge is 0.261 e. The number of hydrogen-bond acceptors (Lipinski definition) is 1. The van der Waals surface area contributed by atoms with Crippen LogP contribution in [0.25, 0.3) is 0 Å². The predicted molar refractivity (Wildman–Crippen MR) is 66.9 cm³/mol. The van der Waals surface area contributed by atoms with Gasteiger partial charge in [-0.15, -0.1) is 11.6 Å². The van der Waals surface area contributed by atoms with E-state index in [1.807, 2.05) is 6.20 Å². The number of alkyl halides is 1. The molecule has 1 nitrogen and oxygen atoms in total. The normalized spacial score (nSPS) is 33.7. The molecule has 0 N–H and O–H groups in total. The quantitative estimate of drug-likeness (QED) is 0.673. The van der Waals surface area contributed by atoms with Crippen molar-refractivity contribution in [3.8, 4) is 0 Å². The fourth-order valence-corrected chi connectivity index (χ4v) is 3.78. The van der Waals surface area contributed by atoms with Crippen molar-refractivity contribution in [2.45, 2.75) is 49.8 Å². The van der Waals surface area contributed by atoms with Gasteiger partial charge in [-0.05, 0) is 56.1 Å². The summed E-state index contributed by atoms with van der Waals surface area (Å²) in [5.41, 5.74) is 2.86. The molecule has 0 radical (unpaired) electrons. The molecule has 3 unspecified atom stereocenters. The van der Waals surface area contributed by atoms with Crippen molar-refractivity contribution in [3.63, 3.8) is 0 Å². The summed E-state index contributed by atoms with van der Waals surface area (Å²) in [7, 11) is 0. The van der Waals surface area contributed by atoms with E-state index in [1.165, 1.54) is 49.8 Å². The predicted octanol–water partition coefficient (Wildman–Crippen LogP) is 3.91. The molecule has 16 heavy (non-hydrogen) atoms. The van der Waals surface area contributed by atoms with Crippen LogP contribution in [-0.4, -0.2) is 10.4 Å². The number of fused-ring (bicyclic) bond motifs is 1. The van der Waals surface area contributed by atoms with Gasteiger partial charge < -0.3 is 0 Å². The summed E-state index contributed by atoms with van der Waals surface area (Å²) in [5, 5.41) is 0.416. The first-order valence-electron chi connectivity index (χ1n) is 6.42. The molecule has 0 aromatic carbocycles. The van der Waals surface area contributed by atoms with Gasteiger partial charge in [-0.25, -0.2) is 0 Å². The number of pyridine rings is 1. The number of halogens is 1. The highest BCUT2D eigenvalue weighted by atomic mass is 35.5. The molecule has 0 saturated heterocycles. The van der Waals surface area contributed by atoms with Crippen LogP contribution in [0.15, 0.2) is 18.3 Å². The average Bonchev–Trinajstić information content (AvgIpc) is 2.75. The summed E-state index contributed by atoms with van der Waals surface area (Å²) in [6, 6.07) is 4.32. The first-order chi connectivity index (χ1) is 7.84. The summed E-state index contributed by atoms with van der Waals surface area (Å²) in [6.07, 6.45) is 9.51. The molecular formula is C14H18ClN. The third-order valence-electron chi connectivity index (χ3n) is 4.22. The van der Waals surface area contributed by atoms with Gasteiger partial charge in [0.2, 0.25) is 0 Å². The van der Waals surface area contributed by atoms with Crippen LogP contribution < -0.4 is 0 Å². The summed E-state index contributed by atoms with van der Waals surface area (Å²) in [6.45, 7) is 0. The molecule has 2 heteroatoms. The number of hydrogen-bond donors (Lipinski definition) is 0. The minimum atomic E-state index is 0.416. The first kappa shape index (κ1) is 10.6. The van der Waals surface area contributed by atoms with Gasteiger partial charge in [-0.1, -0.05) is 6.07 Å². The Balaban J connectivity index is 1.87. The van der Waals surface area contributed by atoms with Crippen LogP contribution in [0.5, 0.6) is 0 Å².